The van der Waals surface area contributed by atoms with Crippen molar-refractivity contribution in [1.29, 1.82) is 0 Å². The monoisotopic (exact) mass is 218 g/mol. The molecule has 0 saturated carbocycles. The van der Waals surface area contributed by atoms with Crippen LogP contribution in [0.4, 0.5) is 0 Å². The number of hydrogen-bond donors (Lipinski definition) is 0. The van der Waals surface area contributed by atoms with Crippen LogP contribution in [-0.4, -0.2) is 20.3 Å². The standard InChI is InChI=1S/C14H18O2/c1-15-9-4-10-16-14-8-7-12-5-2-3-6-13(12)11-14/h5-8,11H,2-4,9-10H2,1H3. The Kier molecular flexibility index (Phi) is 4.00. The van der Waals surface area contributed by atoms with Gasteiger partial charge < -0.3 is 9.47 Å². The van der Waals surface area contributed by atoms with Crippen molar-refractivity contribution in [1.82, 2.24) is 0 Å². The molecule has 0 spiro atoms. The fourth-order valence-electron chi connectivity index (χ4n) is 1.88. The Morgan fingerprint density at radius 2 is 1.88 bits per heavy atom. The highest BCUT2D eigenvalue weighted by Crippen LogP contribution is 2.06. The summed E-state index contributed by atoms with van der Waals surface area (Å²) in [5, 5.41) is 2.63. The third kappa shape index (κ3) is 2.86. The van der Waals surface area contributed by atoms with Crippen molar-refractivity contribution in [2.75, 3.05) is 20.3 Å². The number of fused-ring (bicyclic) bond motifs is 1. The second-order valence-corrected chi connectivity index (χ2v) is 3.97. The van der Waals surface area contributed by atoms with E-state index in [9.17, 15) is 0 Å². The van der Waals surface area contributed by atoms with Crippen molar-refractivity contribution in [3.8, 4) is 5.75 Å². The van der Waals surface area contributed by atoms with Crippen molar-refractivity contribution in [3.05, 3.63) is 28.6 Å². The Morgan fingerprint density at radius 3 is 2.69 bits per heavy atom. The lowest BCUT2D eigenvalue weighted by Gasteiger charge is -2.07. The molecule has 2 heteroatoms. The average molecular weight is 218 g/mol. The van der Waals surface area contributed by atoms with Crippen LogP contribution in [0.2, 0.25) is 0 Å². The lowest BCUT2D eigenvalue weighted by molar-refractivity contribution is 0.172. The number of benzene rings is 1. The molecular formula is C14H18O2. The molecule has 0 fully saturated rings. The molecule has 1 aromatic rings. The van der Waals surface area contributed by atoms with E-state index in [4.69, 9.17) is 9.47 Å². The lowest BCUT2D eigenvalue weighted by atomic mass is 10.1. The summed E-state index contributed by atoms with van der Waals surface area (Å²) in [5.41, 5.74) is 0. The summed E-state index contributed by atoms with van der Waals surface area (Å²) in [7, 11) is 1.71. The summed E-state index contributed by atoms with van der Waals surface area (Å²) in [4.78, 5) is 0. The van der Waals surface area contributed by atoms with Gasteiger partial charge in [0.2, 0.25) is 0 Å². The summed E-state index contributed by atoms with van der Waals surface area (Å²) >= 11 is 0. The normalized spacial score (nSPS) is 13.6. The van der Waals surface area contributed by atoms with Crippen LogP contribution < -0.4 is 15.2 Å². The zero-order valence-electron chi connectivity index (χ0n) is 9.74. The van der Waals surface area contributed by atoms with E-state index >= 15 is 0 Å². The minimum Gasteiger partial charge on any atom is -0.493 e. The topological polar surface area (TPSA) is 18.5 Å². The summed E-state index contributed by atoms with van der Waals surface area (Å²) in [5.74, 6) is 0.960. The van der Waals surface area contributed by atoms with Gasteiger partial charge in [-0.05, 0) is 35.4 Å². The highest BCUT2D eigenvalue weighted by molar-refractivity contribution is 5.40. The second-order valence-electron chi connectivity index (χ2n) is 3.97. The molecule has 0 aliphatic heterocycles. The van der Waals surface area contributed by atoms with Crippen molar-refractivity contribution in [2.24, 2.45) is 0 Å². The minimum atomic E-state index is 0.719. The molecule has 0 amide bonds. The van der Waals surface area contributed by atoms with Gasteiger partial charge in [-0.25, -0.2) is 0 Å². The van der Waals surface area contributed by atoms with Crippen LogP contribution in [0, 0.1) is 0 Å². The molecule has 0 aromatic heterocycles. The van der Waals surface area contributed by atoms with E-state index in [0.29, 0.717) is 0 Å². The molecule has 16 heavy (non-hydrogen) atoms. The van der Waals surface area contributed by atoms with E-state index in [1.165, 1.54) is 10.4 Å². The van der Waals surface area contributed by atoms with Crippen LogP contribution >= 0.6 is 0 Å². The van der Waals surface area contributed by atoms with E-state index in [-0.39, 0.29) is 0 Å². The molecule has 0 atom stereocenters. The van der Waals surface area contributed by atoms with Gasteiger partial charge in [-0.1, -0.05) is 18.2 Å². The predicted molar refractivity (Wildman–Crippen MR) is 65.8 cm³/mol. The maximum absolute atomic E-state index is 5.66. The highest BCUT2D eigenvalue weighted by atomic mass is 16.5. The van der Waals surface area contributed by atoms with Gasteiger partial charge in [-0.15, -0.1) is 0 Å². The van der Waals surface area contributed by atoms with Gasteiger partial charge in [0.25, 0.3) is 0 Å². The third-order valence-corrected chi connectivity index (χ3v) is 2.71. The summed E-state index contributed by atoms with van der Waals surface area (Å²) in [6.07, 6.45) is 7.78. The summed E-state index contributed by atoms with van der Waals surface area (Å²) in [6.45, 7) is 1.47. The van der Waals surface area contributed by atoms with E-state index in [2.05, 4.69) is 24.3 Å². The van der Waals surface area contributed by atoms with Gasteiger partial charge in [0.05, 0.1) is 6.61 Å². The number of ether oxygens (including phenoxy) is 2. The van der Waals surface area contributed by atoms with E-state index < -0.39 is 0 Å². The first-order valence-electron chi connectivity index (χ1n) is 5.82. The fraction of sp³-hybridized carbons (Fsp3) is 0.429. The van der Waals surface area contributed by atoms with Crippen LogP contribution in [0.1, 0.15) is 19.3 Å². The van der Waals surface area contributed by atoms with Crippen LogP contribution in [0.3, 0.4) is 0 Å². The van der Waals surface area contributed by atoms with Gasteiger partial charge in [0.15, 0.2) is 0 Å². The predicted octanol–water partition coefficient (Wildman–Crippen LogP) is 1.46. The van der Waals surface area contributed by atoms with Gasteiger partial charge in [0.1, 0.15) is 5.75 Å². The smallest absolute Gasteiger partial charge is 0.119 e. The minimum absolute atomic E-state index is 0.719. The van der Waals surface area contributed by atoms with E-state index in [0.717, 1.165) is 38.2 Å². The molecule has 86 valence electrons. The average Bonchev–Trinajstić information content (AvgIpc) is 2.34. The highest BCUT2D eigenvalue weighted by Gasteiger charge is 1.97. The van der Waals surface area contributed by atoms with Crippen molar-refractivity contribution >= 4 is 12.2 Å². The molecule has 1 aromatic carbocycles. The quantitative estimate of drug-likeness (QED) is 0.697. The summed E-state index contributed by atoms with van der Waals surface area (Å²) < 4.78 is 10.6. The first-order valence-corrected chi connectivity index (χ1v) is 5.82. The third-order valence-electron chi connectivity index (χ3n) is 2.71. The lowest BCUT2D eigenvalue weighted by Crippen LogP contribution is -2.26. The van der Waals surface area contributed by atoms with Gasteiger partial charge in [-0.2, -0.15) is 0 Å². The molecule has 1 aliphatic rings. The molecular weight excluding hydrogens is 200 g/mol. The van der Waals surface area contributed by atoms with Crippen molar-refractivity contribution in [3.63, 3.8) is 0 Å². The largest absolute Gasteiger partial charge is 0.493 e. The van der Waals surface area contributed by atoms with Crippen molar-refractivity contribution < 1.29 is 9.47 Å². The van der Waals surface area contributed by atoms with Gasteiger partial charge in [-0.3, -0.25) is 0 Å². The Bertz CT molecular complexity index is 448. The van der Waals surface area contributed by atoms with Crippen molar-refractivity contribution in [2.45, 2.75) is 19.3 Å². The molecule has 0 unspecified atom stereocenters. The maximum Gasteiger partial charge on any atom is 0.119 e. The Hall–Kier alpha value is -1.28. The molecule has 1 aliphatic carbocycles. The number of rotatable bonds is 5. The maximum atomic E-state index is 5.66. The van der Waals surface area contributed by atoms with E-state index in [1.807, 2.05) is 6.07 Å². The first kappa shape index (κ1) is 11.2. The zero-order chi connectivity index (χ0) is 11.2. The molecule has 2 nitrogen and oxygen atoms in total. The molecule has 0 saturated heterocycles. The molecule has 0 bridgehead atoms. The second kappa shape index (κ2) is 5.71. The first-order chi connectivity index (χ1) is 7.90. The van der Waals surface area contributed by atoms with Gasteiger partial charge in [0, 0.05) is 20.1 Å². The fourth-order valence-corrected chi connectivity index (χ4v) is 1.88. The summed E-state index contributed by atoms with van der Waals surface area (Å²) in [6, 6.07) is 6.30. The van der Waals surface area contributed by atoms with E-state index in [1.54, 1.807) is 7.11 Å². The molecule has 0 heterocycles. The molecule has 0 radical (unpaired) electrons. The Balaban J connectivity index is 2.01. The van der Waals surface area contributed by atoms with Gasteiger partial charge >= 0.3 is 0 Å². The Labute approximate surface area is 96.2 Å². The van der Waals surface area contributed by atoms with Crippen LogP contribution in [-0.2, 0) is 4.74 Å². The van der Waals surface area contributed by atoms with Crippen LogP contribution in [0.25, 0.3) is 12.2 Å². The number of hydrogen-bond acceptors (Lipinski definition) is 2. The SMILES string of the molecule is COCCCOc1ccc2c(c1)=CCCC=2. The molecule has 0 N–H and O–H groups in total. The Morgan fingerprint density at radius 1 is 1.06 bits per heavy atom. The molecule has 2 rings (SSSR count). The van der Waals surface area contributed by atoms with Crippen LogP contribution in [0.5, 0.6) is 5.75 Å². The zero-order valence-corrected chi connectivity index (χ0v) is 9.74. The van der Waals surface area contributed by atoms with Crippen LogP contribution in [0.15, 0.2) is 18.2 Å². The number of methoxy groups -OCH3 is 1.